The highest BCUT2D eigenvalue weighted by Gasteiger charge is 2.18. The average molecular weight is 338 g/mol. The normalized spacial score (nSPS) is 10.4. The summed E-state index contributed by atoms with van der Waals surface area (Å²) < 4.78 is 5.47. The summed E-state index contributed by atoms with van der Waals surface area (Å²) in [7, 11) is 1.57. The molecule has 2 N–H and O–H groups in total. The molecule has 3 nitrogen and oxygen atoms in total. The predicted octanol–water partition coefficient (Wildman–Crippen LogP) is 4.83. The van der Waals surface area contributed by atoms with E-state index in [1.165, 1.54) is 0 Å². The molecule has 0 unspecified atom stereocenters. The summed E-state index contributed by atoms with van der Waals surface area (Å²) in [4.78, 5) is 12.8. The Morgan fingerprint density at radius 1 is 0.958 bits per heavy atom. The van der Waals surface area contributed by atoms with Gasteiger partial charge >= 0.3 is 0 Å². The molecule has 3 rings (SSSR count). The Hall–Kier alpha value is -2.78. The molecule has 0 aliphatic carbocycles. The molecule has 0 amide bonds. The van der Waals surface area contributed by atoms with E-state index in [9.17, 15) is 4.79 Å². The molecule has 0 fully saturated rings. The first kappa shape index (κ1) is 16.1. The summed E-state index contributed by atoms with van der Waals surface area (Å²) in [5.41, 5.74) is 9.14. The summed E-state index contributed by atoms with van der Waals surface area (Å²) in [5.74, 6) is 0.363. The first-order chi connectivity index (χ1) is 11.6. The Morgan fingerprint density at radius 3 is 2.29 bits per heavy atom. The van der Waals surface area contributed by atoms with Gasteiger partial charge in [0.2, 0.25) is 0 Å². The van der Waals surface area contributed by atoms with E-state index in [0.717, 1.165) is 11.1 Å². The van der Waals surface area contributed by atoms with Gasteiger partial charge in [-0.2, -0.15) is 0 Å². The molecule has 24 heavy (non-hydrogen) atoms. The van der Waals surface area contributed by atoms with Crippen molar-refractivity contribution < 1.29 is 9.53 Å². The smallest absolute Gasteiger partial charge is 0.196 e. The van der Waals surface area contributed by atoms with Crippen LogP contribution in [0.5, 0.6) is 5.75 Å². The third kappa shape index (κ3) is 2.99. The molecule has 0 atom stereocenters. The van der Waals surface area contributed by atoms with Crippen molar-refractivity contribution in [3.63, 3.8) is 0 Å². The van der Waals surface area contributed by atoms with Crippen molar-refractivity contribution in [1.82, 2.24) is 0 Å². The number of halogens is 1. The summed E-state index contributed by atoms with van der Waals surface area (Å²) in [6, 6.07) is 20.1. The number of nitrogens with two attached hydrogens (primary N) is 1. The summed E-state index contributed by atoms with van der Waals surface area (Å²) in [6.07, 6.45) is 0. The van der Waals surface area contributed by atoms with Crippen LogP contribution < -0.4 is 10.5 Å². The van der Waals surface area contributed by atoms with Gasteiger partial charge in [-0.25, -0.2) is 0 Å². The highest BCUT2D eigenvalue weighted by Crippen LogP contribution is 2.35. The van der Waals surface area contributed by atoms with E-state index in [2.05, 4.69) is 0 Å². The number of methoxy groups -OCH3 is 1. The van der Waals surface area contributed by atoms with Crippen molar-refractivity contribution in [1.29, 1.82) is 0 Å². The standard InChI is InChI=1S/C20H16ClNO2/c1-24-19-12-16(20(23)14-9-5-6-10-17(14)21)18(22)11-15(19)13-7-3-2-4-8-13/h2-12H,22H2,1H3. The average Bonchev–Trinajstić information content (AvgIpc) is 2.62. The van der Waals surface area contributed by atoms with Gasteiger partial charge in [-0.05, 0) is 29.8 Å². The molecule has 0 saturated carbocycles. The topological polar surface area (TPSA) is 52.3 Å². The quantitative estimate of drug-likeness (QED) is 0.548. The zero-order valence-electron chi connectivity index (χ0n) is 13.1. The van der Waals surface area contributed by atoms with Crippen LogP contribution in [0.2, 0.25) is 5.02 Å². The van der Waals surface area contributed by atoms with Crippen LogP contribution in [0, 0.1) is 0 Å². The maximum absolute atomic E-state index is 12.8. The molecule has 0 aliphatic rings. The summed E-state index contributed by atoms with van der Waals surface area (Å²) in [5, 5.41) is 0.396. The molecule has 0 bridgehead atoms. The Morgan fingerprint density at radius 2 is 1.62 bits per heavy atom. The maximum atomic E-state index is 12.8. The van der Waals surface area contributed by atoms with Crippen LogP contribution in [-0.2, 0) is 0 Å². The van der Waals surface area contributed by atoms with E-state index in [1.807, 2.05) is 30.3 Å². The van der Waals surface area contributed by atoms with Gasteiger partial charge in [-0.15, -0.1) is 0 Å². The molecule has 120 valence electrons. The molecule has 0 heterocycles. The van der Waals surface area contributed by atoms with Gasteiger partial charge in [0.1, 0.15) is 5.75 Å². The lowest BCUT2D eigenvalue weighted by atomic mass is 9.96. The lowest BCUT2D eigenvalue weighted by Gasteiger charge is -2.14. The van der Waals surface area contributed by atoms with Gasteiger partial charge in [0.15, 0.2) is 5.78 Å². The Labute approximate surface area is 145 Å². The SMILES string of the molecule is COc1cc(C(=O)c2ccccc2Cl)c(N)cc1-c1ccccc1. The number of benzene rings is 3. The number of hydrogen-bond acceptors (Lipinski definition) is 3. The summed E-state index contributed by atoms with van der Waals surface area (Å²) >= 11 is 6.13. The molecule has 0 aromatic heterocycles. The zero-order valence-corrected chi connectivity index (χ0v) is 13.9. The lowest BCUT2D eigenvalue weighted by Crippen LogP contribution is -2.07. The molecule has 4 heteroatoms. The molecule has 0 spiro atoms. The third-order valence-electron chi connectivity index (χ3n) is 3.82. The lowest BCUT2D eigenvalue weighted by molar-refractivity contribution is 0.103. The fraction of sp³-hybridized carbons (Fsp3) is 0.0500. The first-order valence-electron chi connectivity index (χ1n) is 7.44. The highest BCUT2D eigenvalue weighted by molar-refractivity contribution is 6.35. The van der Waals surface area contributed by atoms with Gasteiger partial charge in [0.05, 0.1) is 12.1 Å². The van der Waals surface area contributed by atoms with Crippen molar-refractivity contribution >= 4 is 23.1 Å². The van der Waals surface area contributed by atoms with Crippen molar-refractivity contribution in [2.75, 3.05) is 12.8 Å². The monoisotopic (exact) mass is 337 g/mol. The Kier molecular flexibility index (Phi) is 4.54. The second-order valence-electron chi connectivity index (χ2n) is 5.31. The molecule has 3 aromatic rings. The Balaban J connectivity index is 2.11. The second kappa shape index (κ2) is 6.77. The number of carbonyl (C=O) groups is 1. The number of rotatable bonds is 4. The van der Waals surface area contributed by atoms with Crippen LogP contribution in [0.3, 0.4) is 0 Å². The van der Waals surface area contributed by atoms with Crippen LogP contribution in [0.1, 0.15) is 15.9 Å². The van der Waals surface area contributed by atoms with Crippen molar-refractivity contribution in [2.24, 2.45) is 0 Å². The van der Waals surface area contributed by atoms with Crippen molar-refractivity contribution in [3.05, 3.63) is 82.9 Å². The highest BCUT2D eigenvalue weighted by atomic mass is 35.5. The maximum Gasteiger partial charge on any atom is 0.196 e. The van der Waals surface area contributed by atoms with Crippen LogP contribution in [-0.4, -0.2) is 12.9 Å². The molecule has 3 aromatic carbocycles. The van der Waals surface area contributed by atoms with Crippen LogP contribution in [0.25, 0.3) is 11.1 Å². The van der Waals surface area contributed by atoms with Gasteiger partial charge < -0.3 is 10.5 Å². The number of ketones is 1. The molecular weight excluding hydrogens is 322 g/mol. The van der Waals surface area contributed by atoms with Gasteiger partial charge in [-0.1, -0.05) is 54.1 Å². The fourth-order valence-corrected chi connectivity index (χ4v) is 2.82. The molecule has 0 saturated heterocycles. The van der Waals surface area contributed by atoms with Crippen LogP contribution in [0.15, 0.2) is 66.7 Å². The summed E-state index contributed by atoms with van der Waals surface area (Å²) in [6.45, 7) is 0. The van der Waals surface area contributed by atoms with E-state index >= 15 is 0 Å². The third-order valence-corrected chi connectivity index (χ3v) is 4.15. The fourth-order valence-electron chi connectivity index (χ4n) is 2.60. The number of ether oxygens (including phenoxy) is 1. The van der Waals surface area contributed by atoms with E-state index in [4.69, 9.17) is 22.1 Å². The number of nitrogen functional groups attached to an aromatic ring is 1. The molecule has 0 radical (unpaired) electrons. The van der Waals surface area contributed by atoms with Crippen LogP contribution in [0.4, 0.5) is 5.69 Å². The minimum atomic E-state index is -0.226. The zero-order chi connectivity index (χ0) is 17.1. The first-order valence-corrected chi connectivity index (χ1v) is 7.81. The number of carbonyl (C=O) groups excluding carboxylic acids is 1. The predicted molar refractivity (Wildman–Crippen MR) is 97.7 cm³/mol. The van der Waals surface area contributed by atoms with E-state index < -0.39 is 0 Å². The number of hydrogen-bond donors (Lipinski definition) is 1. The van der Waals surface area contributed by atoms with Gasteiger partial charge in [0.25, 0.3) is 0 Å². The number of anilines is 1. The molecular formula is C20H16ClNO2. The van der Waals surface area contributed by atoms with Crippen LogP contribution >= 0.6 is 11.6 Å². The van der Waals surface area contributed by atoms with Gasteiger partial charge in [0, 0.05) is 22.4 Å². The minimum Gasteiger partial charge on any atom is -0.496 e. The van der Waals surface area contributed by atoms with E-state index in [0.29, 0.717) is 27.6 Å². The molecule has 0 aliphatic heterocycles. The van der Waals surface area contributed by atoms with Crippen molar-refractivity contribution in [2.45, 2.75) is 0 Å². The van der Waals surface area contributed by atoms with Crippen molar-refractivity contribution in [3.8, 4) is 16.9 Å². The van der Waals surface area contributed by atoms with E-state index in [-0.39, 0.29) is 5.78 Å². The van der Waals surface area contributed by atoms with E-state index in [1.54, 1.807) is 43.5 Å². The Bertz CT molecular complexity index is 891. The minimum absolute atomic E-state index is 0.226. The second-order valence-corrected chi connectivity index (χ2v) is 5.72. The van der Waals surface area contributed by atoms with Gasteiger partial charge in [-0.3, -0.25) is 4.79 Å². The largest absolute Gasteiger partial charge is 0.496 e.